The van der Waals surface area contributed by atoms with Crippen LogP contribution in [0.25, 0.3) is 0 Å². The zero-order valence-electron chi connectivity index (χ0n) is 12.4. The van der Waals surface area contributed by atoms with E-state index < -0.39 is 0 Å². The molecule has 20 heavy (non-hydrogen) atoms. The fourth-order valence-electron chi connectivity index (χ4n) is 3.24. The molecule has 2 rings (SSSR count). The van der Waals surface area contributed by atoms with Crippen LogP contribution in [0.1, 0.15) is 51.0 Å². The Bertz CT molecular complexity index is 424. The Hall–Kier alpha value is -1.35. The topological polar surface area (TPSA) is 55.1 Å². The van der Waals surface area contributed by atoms with Crippen molar-refractivity contribution in [2.24, 2.45) is 5.73 Å². The molecule has 3 heteroatoms. The van der Waals surface area contributed by atoms with E-state index in [4.69, 9.17) is 5.73 Å². The van der Waals surface area contributed by atoms with Gasteiger partial charge in [0, 0.05) is 12.0 Å². The summed E-state index contributed by atoms with van der Waals surface area (Å²) < 4.78 is 0. The van der Waals surface area contributed by atoms with E-state index in [2.05, 4.69) is 36.5 Å². The Morgan fingerprint density at radius 3 is 2.55 bits per heavy atom. The van der Waals surface area contributed by atoms with E-state index in [1.165, 1.54) is 18.4 Å². The molecule has 1 aromatic rings. The van der Waals surface area contributed by atoms with Crippen LogP contribution < -0.4 is 11.1 Å². The smallest absolute Gasteiger partial charge is 0.236 e. The molecule has 0 saturated heterocycles. The van der Waals surface area contributed by atoms with Crippen molar-refractivity contribution in [2.45, 2.75) is 56.9 Å². The average molecular weight is 274 g/mol. The van der Waals surface area contributed by atoms with E-state index in [0.717, 1.165) is 25.7 Å². The second-order valence-corrected chi connectivity index (χ2v) is 5.97. The maximum atomic E-state index is 12.0. The van der Waals surface area contributed by atoms with Crippen LogP contribution in [0.3, 0.4) is 0 Å². The Morgan fingerprint density at radius 1 is 1.30 bits per heavy atom. The third-order valence-corrected chi connectivity index (χ3v) is 4.48. The molecule has 1 aromatic carbocycles. The van der Waals surface area contributed by atoms with Crippen molar-refractivity contribution in [3.63, 3.8) is 0 Å². The van der Waals surface area contributed by atoms with Gasteiger partial charge in [-0.2, -0.15) is 0 Å². The van der Waals surface area contributed by atoms with Crippen LogP contribution in [0.5, 0.6) is 0 Å². The first-order valence-corrected chi connectivity index (χ1v) is 7.77. The van der Waals surface area contributed by atoms with Crippen LogP contribution in [-0.2, 0) is 10.2 Å². The quantitative estimate of drug-likeness (QED) is 0.838. The van der Waals surface area contributed by atoms with E-state index in [1.54, 1.807) is 0 Å². The first-order chi connectivity index (χ1) is 9.68. The van der Waals surface area contributed by atoms with Gasteiger partial charge in [-0.15, -0.1) is 0 Å². The fourth-order valence-corrected chi connectivity index (χ4v) is 3.24. The van der Waals surface area contributed by atoms with Crippen LogP contribution in [0.4, 0.5) is 0 Å². The molecule has 3 N–H and O–H groups in total. The highest BCUT2D eigenvalue weighted by molar-refractivity contribution is 5.81. The van der Waals surface area contributed by atoms with Crippen molar-refractivity contribution < 1.29 is 4.79 Å². The summed E-state index contributed by atoms with van der Waals surface area (Å²) in [5.74, 6) is -0.00550. The maximum absolute atomic E-state index is 12.0. The molecule has 1 fully saturated rings. The standard InChI is InChI=1S/C17H26N2O/c1-2-8-15(18)16(20)19-13-17(11-6-7-12-17)14-9-4-3-5-10-14/h3-5,9-10,15H,2,6-8,11-13,18H2,1H3,(H,19,20). The van der Waals surface area contributed by atoms with Crippen LogP contribution >= 0.6 is 0 Å². The molecule has 1 unspecified atom stereocenters. The monoisotopic (exact) mass is 274 g/mol. The molecule has 1 aliphatic carbocycles. The van der Waals surface area contributed by atoms with Crippen molar-refractivity contribution in [1.29, 1.82) is 0 Å². The summed E-state index contributed by atoms with van der Waals surface area (Å²) >= 11 is 0. The number of carbonyl (C=O) groups is 1. The average Bonchev–Trinajstić information content (AvgIpc) is 2.96. The molecule has 0 bridgehead atoms. The Labute approximate surface area is 121 Å². The fraction of sp³-hybridized carbons (Fsp3) is 0.588. The van der Waals surface area contributed by atoms with Gasteiger partial charge in [-0.1, -0.05) is 56.5 Å². The molecule has 1 amide bonds. The van der Waals surface area contributed by atoms with E-state index in [1.807, 2.05) is 6.07 Å². The molecule has 0 radical (unpaired) electrons. The molecule has 110 valence electrons. The summed E-state index contributed by atoms with van der Waals surface area (Å²) in [5, 5.41) is 3.08. The van der Waals surface area contributed by atoms with Gasteiger partial charge in [0.1, 0.15) is 0 Å². The highest BCUT2D eigenvalue weighted by Gasteiger charge is 2.35. The Balaban J connectivity index is 2.02. The molecule has 1 saturated carbocycles. The van der Waals surface area contributed by atoms with Gasteiger partial charge in [0.05, 0.1) is 6.04 Å². The third kappa shape index (κ3) is 3.40. The zero-order chi connectivity index (χ0) is 14.4. The molecule has 0 heterocycles. The van der Waals surface area contributed by atoms with Crippen LogP contribution in [-0.4, -0.2) is 18.5 Å². The van der Waals surface area contributed by atoms with Crippen molar-refractivity contribution in [1.82, 2.24) is 5.32 Å². The second-order valence-electron chi connectivity index (χ2n) is 5.97. The summed E-state index contributed by atoms with van der Waals surface area (Å²) in [6.45, 7) is 2.77. The van der Waals surface area contributed by atoms with Crippen LogP contribution in [0.15, 0.2) is 30.3 Å². The molecule has 0 aliphatic heterocycles. The van der Waals surface area contributed by atoms with Gasteiger partial charge in [-0.05, 0) is 24.8 Å². The van der Waals surface area contributed by atoms with Crippen LogP contribution in [0.2, 0.25) is 0 Å². The summed E-state index contributed by atoms with van der Waals surface area (Å²) in [7, 11) is 0. The lowest BCUT2D eigenvalue weighted by molar-refractivity contribution is -0.122. The minimum absolute atomic E-state index is 0.00550. The number of nitrogens with two attached hydrogens (primary N) is 1. The van der Waals surface area contributed by atoms with Gasteiger partial charge < -0.3 is 11.1 Å². The number of benzene rings is 1. The van der Waals surface area contributed by atoms with Gasteiger partial charge in [-0.25, -0.2) is 0 Å². The third-order valence-electron chi connectivity index (χ3n) is 4.48. The van der Waals surface area contributed by atoms with Gasteiger partial charge >= 0.3 is 0 Å². The lowest BCUT2D eigenvalue weighted by atomic mass is 9.79. The summed E-state index contributed by atoms with van der Waals surface area (Å²) in [5.41, 5.74) is 7.35. The van der Waals surface area contributed by atoms with E-state index >= 15 is 0 Å². The SMILES string of the molecule is CCCC(N)C(=O)NCC1(c2ccccc2)CCCC1. The minimum Gasteiger partial charge on any atom is -0.354 e. The first kappa shape index (κ1) is 15.0. The largest absolute Gasteiger partial charge is 0.354 e. The maximum Gasteiger partial charge on any atom is 0.236 e. The number of amides is 1. The Morgan fingerprint density at radius 2 is 1.95 bits per heavy atom. The van der Waals surface area contributed by atoms with E-state index in [9.17, 15) is 4.79 Å². The molecule has 0 spiro atoms. The van der Waals surface area contributed by atoms with Gasteiger partial charge in [0.15, 0.2) is 0 Å². The lowest BCUT2D eigenvalue weighted by Crippen LogP contribution is -2.46. The van der Waals surface area contributed by atoms with Crippen LogP contribution in [0, 0.1) is 0 Å². The summed E-state index contributed by atoms with van der Waals surface area (Å²) in [4.78, 5) is 12.0. The first-order valence-electron chi connectivity index (χ1n) is 7.77. The zero-order valence-corrected chi connectivity index (χ0v) is 12.4. The highest BCUT2D eigenvalue weighted by atomic mass is 16.2. The number of nitrogens with one attached hydrogen (secondary N) is 1. The highest BCUT2D eigenvalue weighted by Crippen LogP contribution is 2.40. The van der Waals surface area contributed by atoms with Gasteiger partial charge in [-0.3, -0.25) is 4.79 Å². The van der Waals surface area contributed by atoms with Gasteiger partial charge in [0.2, 0.25) is 5.91 Å². The molecule has 0 aromatic heterocycles. The van der Waals surface area contributed by atoms with Crippen molar-refractivity contribution in [2.75, 3.05) is 6.54 Å². The number of rotatable bonds is 6. The van der Waals surface area contributed by atoms with Crippen molar-refractivity contribution in [3.8, 4) is 0 Å². The molecule has 3 nitrogen and oxygen atoms in total. The predicted molar refractivity (Wildman–Crippen MR) is 82.5 cm³/mol. The second kappa shape index (κ2) is 6.89. The Kier molecular flexibility index (Phi) is 5.18. The molecular weight excluding hydrogens is 248 g/mol. The van der Waals surface area contributed by atoms with Crippen molar-refractivity contribution in [3.05, 3.63) is 35.9 Å². The molecule has 1 aliphatic rings. The predicted octanol–water partition coefficient (Wildman–Crippen LogP) is 2.74. The number of carbonyl (C=O) groups excluding carboxylic acids is 1. The van der Waals surface area contributed by atoms with Crippen molar-refractivity contribution >= 4 is 5.91 Å². The normalized spacial score (nSPS) is 18.7. The van der Waals surface area contributed by atoms with Gasteiger partial charge in [0.25, 0.3) is 0 Å². The summed E-state index contributed by atoms with van der Waals surface area (Å²) in [6, 6.07) is 10.2. The molecule has 1 atom stereocenters. The number of hydrogen-bond acceptors (Lipinski definition) is 2. The summed E-state index contributed by atoms with van der Waals surface area (Å²) in [6.07, 6.45) is 6.49. The molecular formula is C17H26N2O. The lowest BCUT2D eigenvalue weighted by Gasteiger charge is -2.30. The minimum atomic E-state index is -0.366. The van der Waals surface area contributed by atoms with E-state index in [-0.39, 0.29) is 17.4 Å². The number of hydrogen-bond donors (Lipinski definition) is 2. The van der Waals surface area contributed by atoms with E-state index in [0.29, 0.717) is 6.54 Å².